The number of aliphatic hydroxyl groups excluding tert-OH is 1. The summed E-state index contributed by atoms with van der Waals surface area (Å²) in [6.45, 7) is 2.40. The van der Waals surface area contributed by atoms with E-state index in [4.69, 9.17) is 11.6 Å². The van der Waals surface area contributed by atoms with E-state index in [1.54, 1.807) is 29.9 Å². The monoisotopic (exact) mass is 317 g/mol. The Bertz CT molecular complexity index is 786. The Morgan fingerprint density at radius 1 is 1.36 bits per heavy atom. The van der Waals surface area contributed by atoms with Crippen molar-refractivity contribution in [1.82, 2.24) is 19.6 Å². The quantitative estimate of drug-likeness (QED) is 0.756. The molecule has 0 aromatic carbocycles. The van der Waals surface area contributed by atoms with Crippen molar-refractivity contribution in [3.05, 3.63) is 53.1 Å². The molecule has 3 aromatic heterocycles. The second-order valence-corrected chi connectivity index (χ2v) is 5.43. The van der Waals surface area contributed by atoms with E-state index in [1.165, 1.54) is 0 Å². The van der Waals surface area contributed by atoms with Crippen LogP contribution in [0.3, 0.4) is 0 Å². The number of aliphatic hydroxyl groups is 1. The fourth-order valence-corrected chi connectivity index (χ4v) is 2.31. The highest BCUT2D eigenvalue weighted by Crippen LogP contribution is 2.15. The average molecular weight is 318 g/mol. The van der Waals surface area contributed by atoms with Crippen LogP contribution in [0.25, 0.3) is 5.65 Å². The molecule has 0 radical (unpaired) electrons. The molecule has 6 nitrogen and oxygen atoms in total. The largest absolute Gasteiger partial charge is 0.387 e. The summed E-state index contributed by atoms with van der Waals surface area (Å²) in [4.78, 5) is 8.64. The summed E-state index contributed by atoms with van der Waals surface area (Å²) >= 11 is 5.96. The van der Waals surface area contributed by atoms with Crippen molar-refractivity contribution in [3.8, 4) is 0 Å². The molecule has 0 fully saturated rings. The first-order valence-electron chi connectivity index (χ1n) is 7.00. The Morgan fingerprint density at radius 2 is 2.23 bits per heavy atom. The summed E-state index contributed by atoms with van der Waals surface area (Å²) in [5.41, 5.74) is 2.36. The molecule has 0 bridgehead atoms. The molecule has 7 heteroatoms. The Kier molecular flexibility index (Phi) is 4.22. The number of rotatable bonds is 5. The molecule has 1 atom stereocenters. The topological polar surface area (TPSA) is 75.3 Å². The van der Waals surface area contributed by atoms with Crippen LogP contribution >= 0.6 is 11.6 Å². The van der Waals surface area contributed by atoms with Gasteiger partial charge in [-0.2, -0.15) is 5.10 Å². The van der Waals surface area contributed by atoms with E-state index >= 15 is 0 Å². The first kappa shape index (κ1) is 14.7. The lowest BCUT2D eigenvalue weighted by Gasteiger charge is -2.09. The van der Waals surface area contributed by atoms with E-state index in [9.17, 15) is 5.11 Å². The molecule has 3 rings (SSSR count). The lowest BCUT2D eigenvalue weighted by Crippen LogP contribution is -2.08. The highest BCUT2D eigenvalue weighted by Gasteiger charge is 2.05. The highest BCUT2D eigenvalue weighted by molar-refractivity contribution is 6.33. The molecule has 0 saturated carbocycles. The van der Waals surface area contributed by atoms with Crippen LogP contribution in [0.2, 0.25) is 5.02 Å². The third-order valence-electron chi connectivity index (χ3n) is 3.29. The number of nitrogens with zero attached hydrogens (tertiary/aromatic N) is 4. The van der Waals surface area contributed by atoms with Crippen LogP contribution in [0.5, 0.6) is 0 Å². The summed E-state index contributed by atoms with van der Waals surface area (Å²) in [5, 5.41) is 17.5. The lowest BCUT2D eigenvalue weighted by molar-refractivity contribution is 0.194. The summed E-state index contributed by atoms with van der Waals surface area (Å²) in [6, 6.07) is 5.55. The van der Waals surface area contributed by atoms with Gasteiger partial charge in [0.2, 0.25) is 0 Å². The van der Waals surface area contributed by atoms with Crippen molar-refractivity contribution in [2.45, 2.75) is 19.4 Å². The summed E-state index contributed by atoms with van der Waals surface area (Å²) in [5.74, 6) is 0.745. The molecule has 0 spiro atoms. The van der Waals surface area contributed by atoms with Crippen LogP contribution < -0.4 is 5.32 Å². The number of anilines is 1. The molecule has 3 aromatic rings. The third kappa shape index (κ3) is 3.18. The highest BCUT2D eigenvalue weighted by atomic mass is 35.5. The number of fused-ring (bicyclic) bond motifs is 1. The van der Waals surface area contributed by atoms with Gasteiger partial charge in [0.1, 0.15) is 10.8 Å². The molecule has 0 amide bonds. The molecule has 22 heavy (non-hydrogen) atoms. The number of pyridine rings is 1. The van der Waals surface area contributed by atoms with Crippen LogP contribution in [0, 0.1) is 0 Å². The van der Waals surface area contributed by atoms with Gasteiger partial charge in [0.25, 0.3) is 0 Å². The van der Waals surface area contributed by atoms with Crippen molar-refractivity contribution in [1.29, 1.82) is 0 Å². The van der Waals surface area contributed by atoms with Gasteiger partial charge in [-0.05, 0) is 31.0 Å². The average Bonchev–Trinajstić information content (AvgIpc) is 2.88. The van der Waals surface area contributed by atoms with E-state index in [0.29, 0.717) is 22.9 Å². The number of hydrogen-bond donors (Lipinski definition) is 2. The van der Waals surface area contributed by atoms with E-state index in [-0.39, 0.29) is 0 Å². The minimum atomic E-state index is -0.571. The molecule has 1 unspecified atom stereocenters. The first-order valence-corrected chi connectivity index (χ1v) is 7.38. The smallest absolute Gasteiger partial charge is 0.173 e. The Hall–Kier alpha value is -2.18. The van der Waals surface area contributed by atoms with E-state index in [0.717, 1.165) is 17.8 Å². The van der Waals surface area contributed by atoms with Gasteiger partial charge >= 0.3 is 0 Å². The van der Waals surface area contributed by atoms with Crippen molar-refractivity contribution in [2.75, 3.05) is 11.9 Å². The van der Waals surface area contributed by atoms with Gasteiger partial charge in [0.05, 0.1) is 18.0 Å². The maximum Gasteiger partial charge on any atom is 0.173 e. The van der Waals surface area contributed by atoms with Gasteiger partial charge in [-0.15, -0.1) is 0 Å². The SMILES string of the molecule is CC(O)c1cccc(NCCc2cnc3c(Cl)cnn3c2)n1. The van der Waals surface area contributed by atoms with Crippen molar-refractivity contribution < 1.29 is 5.11 Å². The fraction of sp³-hybridized carbons (Fsp3) is 0.267. The fourth-order valence-electron chi connectivity index (χ4n) is 2.13. The van der Waals surface area contributed by atoms with E-state index in [2.05, 4.69) is 20.4 Å². The van der Waals surface area contributed by atoms with Crippen LogP contribution in [0.1, 0.15) is 24.3 Å². The molecule has 2 N–H and O–H groups in total. The van der Waals surface area contributed by atoms with Gasteiger partial charge in [0, 0.05) is 18.9 Å². The molecule has 0 saturated heterocycles. The summed E-state index contributed by atoms with van der Waals surface area (Å²) < 4.78 is 1.67. The molecule has 3 heterocycles. The zero-order chi connectivity index (χ0) is 15.5. The Balaban J connectivity index is 1.63. The predicted octanol–water partition coefficient (Wildman–Crippen LogP) is 2.49. The zero-order valence-corrected chi connectivity index (χ0v) is 12.8. The van der Waals surface area contributed by atoms with Gasteiger partial charge in [-0.25, -0.2) is 14.5 Å². The second-order valence-electron chi connectivity index (χ2n) is 5.02. The molecule has 0 aliphatic carbocycles. The zero-order valence-electron chi connectivity index (χ0n) is 12.1. The van der Waals surface area contributed by atoms with Gasteiger partial charge in [-0.1, -0.05) is 17.7 Å². The van der Waals surface area contributed by atoms with Crippen molar-refractivity contribution in [3.63, 3.8) is 0 Å². The van der Waals surface area contributed by atoms with Crippen molar-refractivity contribution >= 4 is 23.1 Å². The van der Waals surface area contributed by atoms with Crippen LogP contribution in [-0.2, 0) is 6.42 Å². The maximum absolute atomic E-state index is 9.54. The van der Waals surface area contributed by atoms with Crippen LogP contribution in [0.4, 0.5) is 5.82 Å². The Labute approximate surface area is 132 Å². The summed E-state index contributed by atoms with van der Waals surface area (Å²) in [7, 11) is 0. The van der Waals surface area contributed by atoms with Gasteiger partial charge in [0.15, 0.2) is 5.65 Å². The maximum atomic E-state index is 9.54. The molecule has 0 aliphatic rings. The lowest BCUT2D eigenvalue weighted by atomic mass is 10.2. The Morgan fingerprint density at radius 3 is 3.05 bits per heavy atom. The number of hydrogen-bond acceptors (Lipinski definition) is 5. The number of halogens is 1. The van der Waals surface area contributed by atoms with Gasteiger partial charge in [-0.3, -0.25) is 0 Å². The van der Waals surface area contributed by atoms with E-state index in [1.807, 2.05) is 18.3 Å². The van der Waals surface area contributed by atoms with Gasteiger partial charge < -0.3 is 10.4 Å². The van der Waals surface area contributed by atoms with Crippen LogP contribution in [-0.4, -0.2) is 31.2 Å². The summed E-state index contributed by atoms with van der Waals surface area (Å²) in [6.07, 6.45) is 5.50. The normalized spacial score (nSPS) is 12.5. The second kappa shape index (κ2) is 6.29. The minimum absolute atomic E-state index is 0.545. The van der Waals surface area contributed by atoms with Crippen LogP contribution in [0.15, 0.2) is 36.8 Å². The molecule has 114 valence electrons. The predicted molar refractivity (Wildman–Crippen MR) is 85.1 cm³/mol. The third-order valence-corrected chi connectivity index (χ3v) is 3.55. The first-order chi connectivity index (χ1) is 10.6. The minimum Gasteiger partial charge on any atom is -0.387 e. The number of aromatic nitrogens is 4. The van der Waals surface area contributed by atoms with E-state index < -0.39 is 6.10 Å². The molecular weight excluding hydrogens is 302 g/mol. The number of nitrogens with one attached hydrogen (secondary N) is 1. The molecular formula is C15H16ClN5O. The van der Waals surface area contributed by atoms with Crippen molar-refractivity contribution in [2.24, 2.45) is 0 Å². The standard InChI is InChI=1S/C15H16ClN5O/c1-10(22)13-3-2-4-14(20-13)17-6-5-11-7-18-15-12(16)8-19-21(15)9-11/h2-4,7-10,22H,5-6H2,1H3,(H,17,20). The molecule has 0 aliphatic heterocycles.